The first kappa shape index (κ1) is 22.8. The van der Waals surface area contributed by atoms with Gasteiger partial charge in [-0.3, -0.25) is 0 Å². The third-order valence-electron chi connectivity index (χ3n) is 8.24. The van der Waals surface area contributed by atoms with Crippen molar-refractivity contribution in [2.45, 2.75) is 0 Å². The fourth-order valence-electron chi connectivity index (χ4n) is 6.42. The number of benzene rings is 7. The Labute approximate surface area is 234 Å². The number of hydrogen-bond acceptors (Lipinski definition) is 0. The highest BCUT2D eigenvalue weighted by molar-refractivity contribution is 6.24. The molecule has 0 aliphatic heterocycles. The van der Waals surface area contributed by atoms with Gasteiger partial charge in [-0.05, 0) is 77.5 Å². The molecule has 0 amide bonds. The molecular weight excluding hydrogens is 480 g/mol. The number of hydrogen-bond donors (Lipinski definition) is 0. The van der Waals surface area contributed by atoms with Crippen molar-refractivity contribution in [1.29, 1.82) is 0 Å². The van der Waals surface area contributed by atoms with Crippen molar-refractivity contribution in [2.75, 3.05) is 0 Å². The monoisotopic (exact) mass is 506 g/mol. The van der Waals surface area contributed by atoms with Gasteiger partial charge in [0.2, 0.25) is 0 Å². The lowest BCUT2D eigenvalue weighted by Gasteiger charge is -2.17. The SMILES string of the molecule is c1ccc(-c2ccc(-c3ccc4cccc5c4c3-c3c(-c4ccccc4)ccc(-c4ccccc4)c3-5)cc2)cc1. The lowest BCUT2D eigenvalue weighted by molar-refractivity contribution is 1.58. The Morgan fingerprint density at radius 3 is 1.30 bits per heavy atom. The lowest BCUT2D eigenvalue weighted by atomic mass is 9.86. The van der Waals surface area contributed by atoms with Crippen LogP contribution in [0.1, 0.15) is 0 Å². The molecule has 0 heterocycles. The molecule has 0 aromatic heterocycles. The normalized spacial score (nSPS) is 11.5. The summed E-state index contributed by atoms with van der Waals surface area (Å²) in [6, 6.07) is 57.3. The fraction of sp³-hybridized carbons (Fsp3) is 0. The topological polar surface area (TPSA) is 0 Å². The van der Waals surface area contributed by atoms with Gasteiger partial charge >= 0.3 is 0 Å². The van der Waals surface area contributed by atoms with Crippen molar-refractivity contribution < 1.29 is 0 Å². The molecule has 0 saturated heterocycles. The minimum Gasteiger partial charge on any atom is -0.0622 e. The van der Waals surface area contributed by atoms with Gasteiger partial charge in [-0.2, -0.15) is 0 Å². The summed E-state index contributed by atoms with van der Waals surface area (Å²) >= 11 is 0. The van der Waals surface area contributed by atoms with Crippen molar-refractivity contribution in [2.24, 2.45) is 0 Å². The van der Waals surface area contributed by atoms with Crippen LogP contribution in [0.5, 0.6) is 0 Å². The van der Waals surface area contributed by atoms with E-state index in [2.05, 4.69) is 158 Å². The summed E-state index contributed by atoms with van der Waals surface area (Å²) in [5, 5.41) is 2.63. The van der Waals surface area contributed by atoms with Crippen LogP contribution in [0, 0.1) is 0 Å². The molecular formula is C40H26. The first-order valence-corrected chi connectivity index (χ1v) is 13.9. The van der Waals surface area contributed by atoms with Gasteiger partial charge in [0.25, 0.3) is 0 Å². The Bertz CT molecular complexity index is 2000. The van der Waals surface area contributed by atoms with E-state index in [1.165, 1.54) is 77.5 Å². The quantitative estimate of drug-likeness (QED) is 0.223. The molecule has 0 radical (unpaired) electrons. The van der Waals surface area contributed by atoms with Gasteiger partial charge in [0, 0.05) is 0 Å². The molecule has 1 aliphatic rings. The molecule has 8 rings (SSSR count). The van der Waals surface area contributed by atoms with E-state index in [1.54, 1.807) is 0 Å². The molecule has 0 saturated carbocycles. The van der Waals surface area contributed by atoms with E-state index in [1.807, 2.05) is 0 Å². The van der Waals surface area contributed by atoms with Crippen LogP contribution < -0.4 is 0 Å². The standard InChI is InChI=1S/C40H26/c1-4-11-27(12-5-1)28-19-21-31(22-20-28)34-24-23-32-17-10-18-36-37(32)39(34)40-35(30-15-8-3-9-16-30)26-25-33(38(36)40)29-13-6-2-7-14-29/h1-26H. The maximum Gasteiger partial charge on any atom is -0.000764 e. The number of fused-ring (bicyclic) bond motifs is 3. The van der Waals surface area contributed by atoms with Crippen LogP contribution in [0.4, 0.5) is 0 Å². The Morgan fingerprint density at radius 1 is 0.225 bits per heavy atom. The van der Waals surface area contributed by atoms with Crippen molar-refractivity contribution in [3.05, 3.63) is 158 Å². The highest BCUT2D eigenvalue weighted by atomic mass is 14.3. The van der Waals surface area contributed by atoms with Crippen LogP contribution in [0.15, 0.2) is 158 Å². The van der Waals surface area contributed by atoms with Crippen LogP contribution in [0.2, 0.25) is 0 Å². The average molecular weight is 507 g/mol. The molecule has 1 aliphatic carbocycles. The van der Waals surface area contributed by atoms with E-state index < -0.39 is 0 Å². The number of rotatable bonds is 4. The second-order valence-electron chi connectivity index (χ2n) is 10.5. The van der Waals surface area contributed by atoms with E-state index in [0.29, 0.717) is 0 Å². The molecule has 40 heavy (non-hydrogen) atoms. The van der Waals surface area contributed by atoms with Gasteiger partial charge in [-0.15, -0.1) is 0 Å². The molecule has 7 aromatic carbocycles. The van der Waals surface area contributed by atoms with Crippen LogP contribution in [0.3, 0.4) is 0 Å². The van der Waals surface area contributed by atoms with Crippen LogP contribution in [-0.4, -0.2) is 0 Å². The zero-order valence-corrected chi connectivity index (χ0v) is 22.0. The average Bonchev–Trinajstić information content (AvgIpc) is 3.39. The molecule has 7 aromatic rings. The third-order valence-corrected chi connectivity index (χ3v) is 8.24. The molecule has 0 bridgehead atoms. The van der Waals surface area contributed by atoms with E-state index >= 15 is 0 Å². The molecule has 0 nitrogen and oxygen atoms in total. The first-order chi connectivity index (χ1) is 19.9. The Balaban J connectivity index is 1.43. The van der Waals surface area contributed by atoms with E-state index in [0.717, 1.165) is 0 Å². The third kappa shape index (κ3) is 3.54. The minimum atomic E-state index is 1.24. The maximum atomic E-state index is 2.32. The fourth-order valence-corrected chi connectivity index (χ4v) is 6.42. The zero-order valence-electron chi connectivity index (χ0n) is 22.0. The summed E-state index contributed by atoms with van der Waals surface area (Å²) in [4.78, 5) is 0. The molecule has 186 valence electrons. The highest BCUT2D eigenvalue weighted by Gasteiger charge is 2.29. The predicted molar refractivity (Wildman–Crippen MR) is 170 cm³/mol. The molecule has 0 atom stereocenters. The summed E-state index contributed by atoms with van der Waals surface area (Å²) in [5.41, 5.74) is 15.4. The lowest BCUT2D eigenvalue weighted by Crippen LogP contribution is -1.91. The summed E-state index contributed by atoms with van der Waals surface area (Å²) in [6.07, 6.45) is 0. The molecule has 0 fully saturated rings. The highest BCUT2D eigenvalue weighted by Crippen LogP contribution is 2.57. The second-order valence-corrected chi connectivity index (χ2v) is 10.5. The molecule has 0 N–H and O–H groups in total. The smallest absolute Gasteiger partial charge is 0.000764 e. The molecule has 0 heteroatoms. The van der Waals surface area contributed by atoms with E-state index in [-0.39, 0.29) is 0 Å². The van der Waals surface area contributed by atoms with Gasteiger partial charge < -0.3 is 0 Å². The van der Waals surface area contributed by atoms with Crippen LogP contribution in [0.25, 0.3) is 77.5 Å². The second kappa shape index (κ2) is 9.22. The Kier molecular flexibility index (Phi) is 5.24. The summed E-state index contributed by atoms with van der Waals surface area (Å²) in [6.45, 7) is 0. The van der Waals surface area contributed by atoms with Gasteiger partial charge in [-0.25, -0.2) is 0 Å². The first-order valence-electron chi connectivity index (χ1n) is 13.9. The molecule has 0 unspecified atom stereocenters. The van der Waals surface area contributed by atoms with Crippen molar-refractivity contribution >= 4 is 10.8 Å². The predicted octanol–water partition coefficient (Wildman–Crippen LogP) is 11.2. The Morgan fingerprint density at radius 2 is 0.675 bits per heavy atom. The summed E-state index contributed by atoms with van der Waals surface area (Å²) < 4.78 is 0. The van der Waals surface area contributed by atoms with Crippen LogP contribution >= 0.6 is 0 Å². The van der Waals surface area contributed by atoms with Crippen molar-refractivity contribution in [3.63, 3.8) is 0 Å². The Hall–Kier alpha value is -5.20. The summed E-state index contributed by atoms with van der Waals surface area (Å²) in [7, 11) is 0. The van der Waals surface area contributed by atoms with Gasteiger partial charge in [0.1, 0.15) is 0 Å². The zero-order chi connectivity index (χ0) is 26.5. The van der Waals surface area contributed by atoms with Gasteiger partial charge in [-0.1, -0.05) is 158 Å². The molecule has 0 spiro atoms. The van der Waals surface area contributed by atoms with Crippen LogP contribution in [-0.2, 0) is 0 Å². The van der Waals surface area contributed by atoms with Gasteiger partial charge in [0.05, 0.1) is 0 Å². The van der Waals surface area contributed by atoms with E-state index in [9.17, 15) is 0 Å². The largest absolute Gasteiger partial charge is 0.0622 e. The van der Waals surface area contributed by atoms with Gasteiger partial charge in [0.15, 0.2) is 0 Å². The van der Waals surface area contributed by atoms with Crippen molar-refractivity contribution in [1.82, 2.24) is 0 Å². The van der Waals surface area contributed by atoms with E-state index in [4.69, 9.17) is 0 Å². The maximum absolute atomic E-state index is 2.32. The summed E-state index contributed by atoms with van der Waals surface area (Å²) in [5.74, 6) is 0. The van der Waals surface area contributed by atoms with Crippen molar-refractivity contribution in [3.8, 4) is 66.8 Å². The minimum absolute atomic E-state index is 1.24.